The summed E-state index contributed by atoms with van der Waals surface area (Å²) in [6, 6.07) is 3.48. The third kappa shape index (κ3) is 7.07. The van der Waals surface area contributed by atoms with Crippen LogP contribution in [0, 0.1) is 12.3 Å². The van der Waals surface area contributed by atoms with Crippen LogP contribution in [0.1, 0.15) is 77.1 Å². The molecule has 3 aliphatic rings. The van der Waals surface area contributed by atoms with Gasteiger partial charge in [-0.25, -0.2) is 9.37 Å². The summed E-state index contributed by atoms with van der Waals surface area (Å²) in [7, 11) is 0. The Labute approximate surface area is 262 Å². The number of hydrogen-bond donors (Lipinski definition) is 4. The van der Waals surface area contributed by atoms with Crippen LogP contribution in [0.4, 0.5) is 4.39 Å². The molecule has 0 radical (unpaired) electrons. The molecule has 1 aromatic heterocycles. The van der Waals surface area contributed by atoms with Gasteiger partial charge in [-0.1, -0.05) is 32.9 Å². The normalized spacial score (nSPS) is 23.1. The quantitative estimate of drug-likeness (QED) is 0.334. The van der Waals surface area contributed by atoms with Crippen molar-refractivity contribution >= 4 is 29.1 Å². The lowest BCUT2D eigenvalue weighted by Gasteiger charge is -2.36. The minimum absolute atomic E-state index is 0.0393. The maximum absolute atomic E-state index is 14.5. The molecule has 44 heavy (non-hydrogen) atoms. The minimum Gasteiger partial charge on any atom is -0.490 e. The molecule has 3 heterocycles. The topological polar surface area (TPSA) is 133 Å². The van der Waals surface area contributed by atoms with Gasteiger partial charge in [0.15, 0.2) is 5.67 Å². The maximum Gasteiger partial charge on any atom is 0.258 e. The van der Waals surface area contributed by atoms with Crippen LogP contribution in [-0.2, 0) is 14.4 Å². The number of amides is 3. The van der Waals surface area contributed by atoms with Crippen LogP contribution >= 0.6 is 11.3 Å². The molecule has 0 spiro atoms. The molecule has 1 aliphatic carbocycles. The lowest BCUT2D eigenvalue weighted by molar-refractivity contribution is -0.145. The minimum atomic E-state index is -1.94. The van der Waals surface area contributed by atoms with E-state index in [2.05, 4.69) is 20.9 Å². The molecule has 12 heteroatoms. The Morgan fingerprint density at radius 3 is 2.52 bits per heavy atom. The van der Waals surface area contributed by atoms with Gasteiger partial charge in [-0.2, -0.15) is 0 Å². The van der Waals surface area contributed by atoms with Crippen molar-refractivity contribution in [3.63, 3.8) is 0 Å². The van der Waals surface area contributed by atoms with Crippen LogP contribution in [0.15, 0.2) is 23.7 Å². The first-order chi connectivity index (χ1) is 20.8. The van der Waals surface area contributed by atoms with Gasteiger partial charge in [0.1, 0.15) is 23.9 Å². The summed E-state index contributed by atoms with van der Waals surface area (Å²) in [6.45, 7) is 10.9. The molecule has 0 bridgehead atoms. The van der Waals surface area contributed by atoms with E-state index in [1.165, 1.54) is 4.90 Å². The van der Waals surface area contributed by atoms with E-state index in [-0.39, 0.29) is 31.9 Å². The molecule has 4 atom stereocenters. The standard InChI is InChI=1S/C32H44FN5O5S/c1-18(23-7-6-20(26-19(2)35-17-44-26)14-25(23)43-22-8-12-34-13-9-22)36-28(40)24-15-21(39)16-38(24)29(41)27(31(3,4)5)37-30(42)32(33)10-11-32/h6-7,14,17-18,21-22,24,27,34,39H,8-13,15-16H2,1-5H3,(H,36,40)(H,37,42)/t18-,21+,24-,27+/m0/s1. The van der Waals surface area contributed by atoms with E-state index in [1.807, 2.05) is 37.6 Å². The fraction of sp³-hybridized carbons (Fsp3) is 0.625. The number of aliphatic hydroxyl groups excluding tert-OH is 1. The van der Waals surface area contributed by atoms with E-state index >= 15 is 0 Å². The van der Waals surface area contributed by atoms with Crippen molar-refractivity contribution in [2.75, 3.05) is 19.6 Å². The summed E-state index contributed by atoms with van der Waals surface area (Å²) in [4.78, 5) is 46.9. The SMILES string of the molecule is Cc1ncsc1-c1ccc([C@H](C)NC(=O)[C@@H]2C[C@@H](O)CN2C(=O)[C@@H](NC(=O)C2(F)CC2)C(C)(C)C)c(OC2CCNCC2)c1. The third-order valence-corrected chi connectivity index (χ3v) is 9.75. The molecule has 4 N–H and O–H groups in total. The van der Waals surface area contributed by atoms with Crippen LogP contribution in [0.3, 0.4) is 0 Å². The number of aromatic nitrogens is 1. The monoisotopic (exact) mass is 629 g/mol. The number of likely N-dealkylation sites (tertiary alicyclic amines) is 1. The Kier molecular flexibility index (Phi) is 9.34. The summed E-state index contributed by atoms with van der Waals surface area (Å²) in [6.07, 6.45) is 1.19. The number of alkyl halides is 1. The molecule has 2 aliphatic heterocycles. The van der Waals surface area contributed by atoms with Crippen molar-refractivity contribution in [1.82, 2.24) is 25.8 Å². The fourth-order valence-electron chi connectivity index (χ4n) is 5.91. The molecule has 2 saturated heterocycles. The lowest BCUT2D eigenvalue weighted by Crippen LogP contribution is -2.59. The number of nitrogens with zero attached hydrogens (tertiary/aromatic N) is 2. The molecule has 10 nitrogen and oxygen atoms in total. The molecule has 240 valence electrons. The van der Waals surface area contributed by atoms with Gasteiger partial charge >= 0.3 is 0 Å². The number of aryl methyl sites for hydroxylation is 1. The zero-order valence-electron chi connectivity index (χ0n) is 26.1. The number of hydrogen-bond acceptors (Lipinski definition) is 8. The second-order valence-electron chi connectivity index (χ2n) is 13.5. The summed E-state index contributed by atoms with van der Waals surface area (Å²) >= 11 is 1.56. The highest BCUT2D eigenvalue weighted by molar-refractivity contribution is 7.13. The number of piperidine rings is 1. The number of aliphatic hydroxyl groups is 1. The highest BCUT2D eigenvalue weighted by atomic mass is 32.1. The van der Waals surface area contributed by atoms with Gasteiger partial charge in [0, 0.05) is 18.5 Å². The van der Waals surface area contributed by atoms with E-state index in [4.69, 9.17) is 4.74 Å². The fourth-order valence-corrected chi connectivity index (χ4v) is 6.71. The van der Waals surface area contributed by atoms with Crippen molar-refractivity contribution in [3.8, 4) is 16.2 Å². The molecule has 3 fully saturated rings. The Morgan fingerprint density at radius 2 is 1.91 bits per heavy atom. The van der Waals surface area contributed by atoms with Gasteiger partial charge in [0.2, 0.25) is 11.8 Å². The first-order valence-corrected chi connectivity index (χ1v) is 16.4. The molecule has 1 aromatic carbocycles. The third-order valence-electron chi connectivity index (χ3n) is 8.78. The number of carbonyl (C=O) groups is 3. The number of ether oxygens (including phenoxy) is 1. The Balaban J connectivity index is 1.35. The van der Waals surface area contributed by atoms with Gasteiger partial charge < -0.3 is 30.7 Å². The summed E-state index contributed by atoms with van der Waals surface area (Å²) in [5.41, 5.74) is 1.85. The predicted octanol–water partition coefficient (Wildman–Crippen LogP) is 3.42. The smallest absolute Gasteiger partial charge is 0.258 e. The van der Waals surface area contributed by atoms with Crippen LogP contribution in [0.2, 0.25) is 0 Å². The first-order valence-electron chi connectivity index (χ1n) is 15.5. The molecule has 3 amide bonds. The second-order valence-corrected chi connectivity index (χ2v) is 14.3. The van der Waals surface area contributed by atoms with Gasteiger partial charge in [-0.3, -0.25) is 14.4 Å². The number of benzene rings is 1. The zero-order chi connectivity index (χ0) is 31.8. The van der Waals surface area contributed by atoms with Crippen LogP contribution < -0.4 is 20.7 Å². The van der Waals surface area contributed by atoms with Crippen LogP contribution in [0.25, 0.3) is 10.4 Å². The second kappa shape index (κ2) is 12.7. The zero-order valence-corrected chi connectivity index (χ0v) is 26.9. The largest absolute Gasteiger partial charge is 0.490 e. The summed E-state index contributed by atoms with van der Waals surface area (Å²) < 4.78 is 21.0. The number of thiazole rings is 1. The molecule has 5 rings (SSSR count). The average Bonchev–Trinajstić information content (AvgIpc) is 3.38. The number of β-amino-alcohol motifs (C(OH)–C–C–N with tert-alkyl or cyclic N) is 1. The van der Waals surface area contributed by atoms with E-state index in [9.17, 15) is 23.9 Å². The van der Waals surface area contributed by atoms with E-state index in [1.54, 1.807) is 32.1 Å². The van der Waals surface area contributed by atoms with Crippen molar-refractivity contribution in [2.24, 2.45) is 5.41 Å². The van der Waals surface area contributed by atoms with Crippen LogP contribution in [-0.4, -0.2) is 82.3 Å². The van der Waals surface area contributed by atoms with Crippen molar-refractivity contribution in [1.29, 1.82) is 0 Å². The predicted molar refractivity (Wildman–Crippen MR) is 166 cm³/mol. The summed E-state index contributed by atoms with van der Waals surface area (Å²) in [5, 5.41) is 19.5. The Morgan fingerprint density at radius 1 is 1.20 bits per heavy atom. The van der Waals surface area contributed by atoms with Gasteiger partial charge in [-0.05, 0) is 69.7 Å². The summed E-state index contributed by atoms with van der Waals surface area (Å²) in [5.74, 6) is -1.05. The van der Waals surface area contributed by atoms with Gasteiger partial charge in [0.25, 0.3) is 5.91 Å². The Hall–Kier alpha value is -3.09. The average molecular weight is 630 g/mol. The van der Waals surface area contributed by atoms with Crippen LogP contribution in [0.5, 0.6) is 5.75 Å². The van der Waals surface area contributed by atoms with Gasteiger partial charge in [-0.15, -0.1) is 11.3 Å². The number of halogens is 1. The molecular formula is C32H44FN5O5S. The number of nitrogens with one attached hydrogen (secondary N) is 3. The molecular weight excluding hydrogens is 585 g/mol. The molecule has 0 unspecified atom stereocenters. The van der Waals surface area contributed by atoms with Crippen molar-refractivity contribution < 1.29 is 28.6 Å². The number of carbonyl (C=O) groups excluding carboxylic acids is 3. The molecule has 2 aromatic rings. The van der Waals surface area contributed by atoms with E-state index in [0.717, 1.165) is 47.6 Å². The number of rotatable bonds is 9. The molecule has 1 saturated carbocycles. The van der Waals surface area contributed by atoms with Crippen molar-refractivity contribution in [3.05, 3.63) is 35.0 Å². The lowest BCUT2D eigenvalue weighted by atomic mass is 9.85. The van der Waals surface area contributed by atoms with E-state index in [0.29, 0.717) is 5.75 Å². The van der Waals surface area contributed by atoms with E-state index < -0.39 is 53.0 Å². The highest BCUT2D eigenvalue weighted by Crippen LogP contribution is 2.41. The maximum atomic E-state index is 14.5. The van der Waals surface area contributed by atoms with Crippen molar-refractivity contribution in [2.45, 2.75) is 103 Å². The highest BCUT2D eigenvalue weighted by Gasteiger charge is 2.53. The first kappa shape index (κ1) is 32.3. The van der Waals surface area contributed by atoms with Gasteiger partial charge in [0.05, 0.1) is 28.2 Å². The Bertz CT molecular complexity index is 1380.